The van der Waals surface area contributed by atoms with E-state index in [4.69, 9.17) is 4.74 Å². The standard InChI is InChI=1S/C16H13FN2O3/c17-10-4-3-5-11(8-10)18-15(20)9-13-16(21)22-14-7-2-1-6-12(14)19-13/h1-8,13,19H,9H2,(H,18,20)/t13-/m0/s1. The van der Waals surface area contributed by atoms with E-state index in [1.54, 1.807) is 30.3 Å². The van der Waals surface area contributed by atoms with Crippen molar-refractivity contribution < 1.29 is 18.7 Å². The van der Waals surface area contributed by atoms with E-state index < -0.39 is 23.7 Å². The Hall–Kier alpha value is -2.89. The number of anilines is 2. The number of carbonyl (C=O) groups is 2. The highest BCUT2D eigenvalue weighted by molar-refractivity contribution is 5.97. The minimum absolute atomic E-state index is 0.107. The summed E-state index contributed by atoms with van der Waals surface area (Å²) in [7, 11) is 0. The van der Waals surface area contributed by atoms with Gasteiger partial charge >= 0.3 is 5.97 Å². The van der Waals surface area contributed by atoms with Crippen LogP contribution < -0.4 is 15.4 Å². The summed E-state index contributed by atoms with van der Waals surface area (Å²) in [5.74, 6) is -0.927. The summed E-state index contributed by atoms with van der Waals surface area (Å²) in [4.78, 5) is 23.8. The second-order valence-corrected chi connectivity index (χ2v) is 4.88. The van der Waals surface area contributed by atoms with Gasteiger partial charge in [0, 0.05) is 5.69 Å². The smallest absolute Gasteiger partial charge is 0.334 e. The number of esters is 1. The van der Waals surface area contributed by atoms with Crippen molar-refractivity contribution in [3.8, 4) is 5.75 Å². The molecule has 1 amide bonds. The molecule has 1 aliphatic heterocycles. The SMILES string of the molecule is O=C(C[C@@H]1Nc2ccccc2OC1=O)Nc1cccc(F)c1. The molecule has 0 aromatic heterocycles. The van der Waals surface area contributed by atoms with Crippen molar-refractivity contribution in [1.29, 1.82) is 0 Å². The van der Waals surface area contributed by atoms with Crippen LogP contribution in [-0.2, 0) is 9.59 Å². The Kier molecular flexibility index (Phi) is 3.74. The number of carbonyl (C=O) groups excluding carboxylic acids is 2. The maximum atomic E-state index is 13.1. The molecule has 0 spiro atoms. The van der Waals surface area contributed by atoms with Crippen LogP contribution in [0.4, 0.5) is 15.8 Å². The van der Waals surface area contributed by atoms with Gasteiger partial charge in [-0.3, -0.25) is 4.79 Å². The lowest BCUT2D eigenvalue weighted by atomic mass is 10.1. The first-order valence-electron chi connectivity index (χ1n) is 6.74. The fraction of sp³-hybridized carbons (Fsp3) is 0.125. The van der Waals surface area contributed by atoms with E-state index in [0.717, 1.165) is 0 Å². The Morgan fingerprint density at radius 2 is 2.05 bits per heavy atom. The van der Waals surface area contributed by atoms with E-state index in [1.165, 1.54) is 18.2 Å². The number of amides is 1. The predicted octanol–water partition coefficient (Wildman–Crippen LogP) is 2.55. The number of para-hydroxylation sites is 2. The van der Waals surface area contributed by atoms with E-state index in [0.29, 0.717) is 17.1 Å². The molecule has 3 rings (SSSR count). The van der Waals surface area contributed by atoms with Crippen LogP contribution in [0.1, 0.15) is 6.42 Å². The van der Waals surface area contributed by atoms with E-state index in [9.17, 15) is 14.0 Å². The van der Waals surface area contributed by atoms with E-state index in [2.05, 4.69) is 10.6 Å². The van der Waals surface area contributed by atoms with Gasteiger partial charge in [-0.25, -0.2) is 9.18 Å². The van der Waals surface area contributed by atoms with Crippen molar-refractivity contribution in [3.63, 3.8) is 0 Å². The first kappa shape index (κ1) is 14.1. The average molecular weight is 300 g/mol. The van der Waals surface area contributed by atoms with Gasteiger partial charge < -0.3 is 15.4 Å². The van der Waals surface area contributed by atoms with Crippen LogP contribution in [0.25, 0.3) is 0 Å². The number of benzene rings is 2. The van der Waals surface area contributed by atoms with Crippen LogP contribution in [0.5, 0.6) is 5.75 Å². The molecule has 0 saturated carbocycles. The molecule has 6 heteroatoms. The Labute approximate surface area is 126 Å². The zero-order chi connectivity index (χ0) is 15.5. The first-order chi connectivity index (χ1) is 10.6. The van der Waals surface area contributed by atoms with Crippen molar-refractivity contribution in [2.45, 2.75) is 12.5 Å². The molecular formula is C16H13FN2O3. The molecule has 1 atom stereocenters. The first-order valence-corrected chi connectivity index (χ1v) is 6.74. The van der Waals surface area contributed by atoms with Crippen molar-refractivity contribution in [3.05, 3.63) is 54.3 Å². The quantitative estimate of drug-likeness (QED) is 0.675. The van der Waals surface area contributed by atoms with Crippen LogP contribution in [-0.4, -0.2) is 17.9 Å². The molecule has 0 radical (unpaired) electrons. The molecular weight excluding hydrogens is 287 g/mol. The summed E-state index contributed by atoms with van der Waals surface area (Å²) in [5, 5.41) is 5.51. The highest BCUT2D eigenvalue weighted by Gasteiger charge is 2.29. The molecule has 2 aromatic carbocycles. The summed E-state index contributed by atoms with van der Waals surface area (Å²) in [6.07, 6.45) is -0.107. The maximum Gasteiger partial charge on any atom is 0.334 e. The fourth-order valence-corrected chi connectivity index (χ4v) is 2.20. The molecule has 1 aliphatic rings. The number of rotatable bonds is 3. The third-order valence-electron chi connectivity index (χ3n) is 3.21. The number of nitrogens with one attached hydrogen (secondary N) is 2. The molecule has 2 N–H and O–H groups in total. The molecule has 22 heavy (non-hydrogen) atoms. The van der Waals surface area contributed by atoms with Gasteiger partial charge in [0.2, 0.25) is 5.91 Å². The zero-order valence-electron chi connectivity index (χ0n) is 11.5. The van der Waals surface area contributed by atoms with E-state index in [-0.39, 0.29) is 6.42 Å². The highest BCUT2D eigenvalue weighted by Crippen LogP contribution is 2.29. The van der Waals surface area contributed by atoms with Crippen molar-refractivity contribution >= 4 is 23.3 Å². The topological polar surface area (TPSA) is 67.4 Å². The summed E-state index contributed by atoms with van der Waals surface area (Å²) < 4.78 is 18.2. The normalized spacial score (nSPS) is 16.2. The van der Waals surface area contributed by atoms with E-state index >= 15 is 0 Å². The van der Waals surface area contributed by atoms with Gasteiger partial charge in [-0.15, -0.1) is 0 Å². The molecule has 0 aliphatic carbocycles. The summed E-state index contributed by atoms with van der Waals surface area (Å²) in [6, 6.07) is 11.8. The number of fused-ring (bicyclic) bond motifs is 1. The van der Waals surface area contributed by atoms with Gasteiger partial charge in [-0.05, 0) is 30.3 Å². The number of hydrogen-bond donors (Lipinski definition) is 2. The number of halogens is 1. The Morgan fingerprint density at radius 1 is 1.23 bits per heavy atom. The molecule has 0 saturated heterocycles. The van der Waals surface area contributed by atoms with Crippen LogP contribution in [0, 0.1) is 5.82 Å². The van der Waals surface area contributed by atoms with Crippen molar-refractivity contribution in [2.75, 3.05) is 10.6 Å². The lowest BCUT2D eigenvalue weighted by Gasteiger charge is -2.24. The molecule has 2 aromatic rings. The Bertz CT molecular complexity index is 733. The van der Waals surface area contributed by atoms with Crippen LogP contribution in [0.2, 0.25) is 0 Å². The fourth-order valence-electron chi connectivity index (χ4n) is 2.20. The lowest BCUT2D eigenvalue weighted by Crippen LogP contribution is -2.39. The van der Waals surface area contributed by atoms with Gasteiger partial charge in [0.05, 0.1) is 12.1 Å². The molecule has 0 fully saturated rings. The predicted molar refractivity (Wildman–Crippen MR) is 79.1 cm³/mol. The molecule has 0 unspecified atom stereocenters. The second kappa shape index (κ2) is 5.85. The lowest BCUT2D eigenvalue weighted by molar-refractivity contribution is -0.137. The summed E-state index contributed by atoms with van der Waals surface area (Å²) in [5.41, 5.74) is 1.00. The largest absolute Gasteiger partial charge is 0.423 e. The molecule has 0 bridgehead atoms. The Balaban J connectivity index is 1.66. The maximum absolute atomic E-state index is 13.1. The summed E-state index contributed by atoms with van der Waals surface area (Å²) >= 11 is 0. The van der Waals surface area contributed by atoms with E-state index in [1.807, 2.05) is 0 Å². The minimum Gasteiger partial charge on any atom is -0.423 e. The average Bonchev–Trinajstić information content (AvgIpc) is 2.48. The van der Waals surface area contributed by atoms with Crippen molar-refractivity contribution in [2.24, 2.45) is 0 Å². The number of ether oxygens (including phenoxy) is 1. The molecule has 1 heterocycles. The number of hydrogen-bond acceptors (Lipinski definition) is 4. The van der Waals surface area contributed by atoms with Crippen LogP contribution in [0.3, 0.4) is 0 Å². The van der Waals surface area contributed by atoms with Gasteiger partial charge in [0.1, 0.15) is 11.9 Å². The zero-order valence-corrected chi connectivity index (χ0v) is 11.5. The van der Waals surface area contributed by atoms with Crippen LogP contribution in [0.15, 0.2) is 48.5 Å². The van der Waals surface area contributed by atoms with Gasteiger partial charge in [-0.1, -0.05) is 18.2 Å². The third kappa shape index (κ3) is 3.06. The third-order valence-corrected chi connectivity index (χ3v) is 3.21. The highest BCUT2D eigenvalue weighted by atomic mass is 19.1. The summed E-state index contributed by atoms with van der Waals surface area (Å²) in [6.45, 7) is 0. The minimum atomic E-state index is -0.775. The molecule has 5 nitrogen and oxygen atoms in total. The van der Waals surface area contributed by atoms with Gasteiger partial charge in [-0.2, -0.15) is 0 Å². The van der Waals surface area contributed by atoms with Gasteiger partial charge in [0.25, 0.3) is 0 Å². The van der Waals surface area contributed by atoms with Crippen molar-refractivity contribution in [1.82, 2.24) is 0 Å². The molecule has 112 valence electrons. The van der Waals surface area contributed by atoms with Crippen LogP contribution >= 0.6 is 0 Å². The Morgan fingerprint density at radius 3 is 2.86 bits per heavy atom. The van der Waals surface area contributed by atoms with Gasteiger partial charge in [0.15, 0.2) is 5.75 Å². The second-order valence-electron chi connectivity index (χ2n) is 4.88. The monoisotopic (exact) mass is 300 g/mol.